The summed E-state index contributed by atoms with van der Waals surface area (Å²) < 4.78 is 13.1. The van der Waals surface area contributed by atoms with Gasteiger partial charge < -0.3 is 20.1 Å². The average Bonchev–Trinajstić information content (AvgIpc) is 3.43. The van der Waals surface area contributed by atoms with Gasteiger partial charge in [0.1, 0.15) is 0 Å². The molecule has 8 heteroatoms. The largest absolute Gasteiger partial charge is 0.381 e. The van der Waals surface area contributed by atoms with E-state index in [0.29, 0.717) is 12.5 Å². The van der Waals surface area contributed by atoms with Crippen LogP contribution in [0.1, 0.15) is 30.9 Å². The van der Waals surface area contributed by atoms with E-state index in [1.165, 1.54) is 11.1 Å². The van der Waals surface area contributed by atoms with Gasteiger partial charge in [-0.15, -0.1) is 24.0 Å². The summed E-state index contributed by atoms with van der Waals surface area (Å²) in [5.41, 5.74) is 2.41. The predicted octanol–water partition coefficient (Wildman–Crippen LogP) is 3.05. The van der Waals surface area contributed by atoms with E-state index < -0.39 is 0 Å². The molecule has 2 N–H and O–H groups in total. The van der Waals surface area contributed by atoms with Gasteiger partial charge in [-0.05, 0) is 37.0 Å². The Balaban J connectivity index is 0.00000320. The van der Waals surface area contributed by atoms with Crippen molar-refractivity contribution in [3.63, 3.8) is 0 Å². The number of aliphatic imine (C=N–C) groups is 1. The molecule has 30 heavy (non-hydrogen) atoms. The number of aromatic nitrogens is 2. The van der Waals surface area contributed by atoms with Gasteiger partial charge in [-0.3, -0.25) is 4.68 Å². The van der Waals surface area contributed by atoms with Gasteiger partial charge in [0.15, 0.2) is 5.96 Å². The summed E-state index contributed by atoms with van der Waals surface area (Å²) >= 11 is 0. The molecule has 0 saturated carbocycles. The predicted molar refractivity (Wildman–Crippen MR) is 130 cm³/mol. The van der Waals surface area contributed by atoms with Crippen molar-refractivity contribution in [1.29, 1.82) is 0 Å². The highest BCUT2D eigenvalue weighted by molar-refractivity contribution is 14.0. The van der Waals surface area contributed by atoms with Crippen LogP contribution in [0, 0.1) is 5.92 Å². The van der Waals surface area contributed by atoms with Crippen LogP contribution in [0.5, 0.6) is 0 Å². The van der Waals surface area contributed by atoms with Gasteiger partial charge in [-0.2, -0.15) is 5.10 Å². The average molecular weight is 527 g/mol. The molecule has 3 rings (SSSR count). The Morgan fingerprint density at radius 1 is 1.30 bits per heavy atom. The highest BCUT2D eigenvalue weighted by Gasteiger charge is 2.15. The lowest BCUT2D eigenvalue weighted by Crippen LogP contribution is -2.38. The van der Waals surface area contributed by atoms with E-state index in [1.54, 1.807) is 6.20 Å². The SMILES string of the molecule is CCNC(=NCc1cccc(Cn2cccn2)c1)NCCCOCC1CCOC1.I. The maximum Gasteiger partial charge on any atom is 0.191 e. The molecule has 1 fully saturated rings. The maximum absolute atomic E-state index is 5.76. The molecule has 1 aliphatic heterocycles. The number of benzene rings is 1. The van der Waals surface area contributed by atoms with Crippen LogP contribution in [0.3, 0.4) is 0 Å². The smallest absolute Gasteiger partial charge is 0.191 e. The van der Waals surface area contributed by atoms with E-state index in [1.807, 2.05) is 16.9 Å². The zero-order chi connectivity index (χ0) is 20.2. The number of ether oxygens (including phenoxy) is 2. The Morgan fingerprint density at radius 2 is 2.20 bits per heavy atom. The van der Waals surface area contributed by atoms with E-state index in [4.69, 9.17) is 14.5 Å². The normalized spacial score (nSPS) is 16.3. The third-order valence-electron chi connectivity index (χ3n) is 4.79. The van der Waals surface area contributed by atoms with Crippen molar-refractivity contribution in [2.45, 2.75) is 32.9 Å². The van der Waals surface area contributed by atoms with Crippen molar-refractivity contribution in [1.82, 2.24) is 20.4 Å². The first-order chi connectivity index (χ1) is 14.3. The summed E-state index contributed by atoms with van der Waals surface area (Å²) in [5.74, 6) is 1.42. The lowest BCUT2D eigenvalue weighted by atomic mass is 10.1. The molecule has 1 atom stereocenters. The van der Waals surface area contributed by atoms with Crippen LogP contribution in [0.2, 0.25) is 0 Å². The summed E-state index contributed by atoms with van der Waals surface area (Å²) in [6.45, 7) is 8.46. The number of nitrogens with one attached hydrogen (secondary N) is 2. The maximum atomic E-state index is 5.76. The number of nitrogens with zero attached hydrogens (tertiary/aromatic N) is 3. The van der Waals surface area contributed by atoms with Crippen LogP contribution in [0.15, 0.2) is 47.7 Å². The topological polar surface area (TPSA) is 72.7 Å². The first kappa shape index (κ1) is 24.6. The second-order valence-electron chi connectivity index (χ2n) is 7.30. The van der Waals surface area contributed by atoms with Crippen LogP contribution < -0.4 is 10.6 Å². The minimum Gasteiger partial charge on any atom is -0.381 e. The molecule has 7 nitrogen and oxygen atoms in total. The molecule has 0 spiro atoms. The van der Waals surface area contributed by atoms with Crippen LogP contribution in [-0.2, 0) is 22.6 Å². The third kappa shape index (κ3) is 9.01. The van der Waals surface area contributed by atoms with E-state index in [-0.39, 0.29) is 24.0 Å². The quantitative estimate of drug-likeness (QED) is 0.204. The van der Waals surface area contributed by atoms with Crippen LogP contribution in [-0.4, -0.2) is 55.3 Å². The third-order valence-corrected chi connectivity index (χ3v) is 4.79. The summed E-state index contributed by atoms with van der Waals surface area (Å²) in [6, 6.07) is 10.4. The van der Waals surface area contributed by atoms with Gasteiger partial charge in [-0.25, -0.2) is 4.99 Å². The molecular weight excluding hydrogens is 493 g/mol. The van der Waals surface area contributed by atoms with E-state index in [2.05, 4.69) is 46.9 Å². The van der Waals surface area contributed by atoms with E-state index in [9.17, 15) is 0 Å². The Morgan fingerprint density at radius 3 is 2.97 bits per heavy atom. The summed E-state index contributed by atoms with van der Waals surface area (Å²) in [5, 5.41) is 11.0. The Hall–Kier alpha value is -1.65. The summed E-state index contributed by atoms with van der Waals surface area (Å²) in [7, 11) is 0. The van der Waals surface area contributed by atoms with Crippen molar-refractivity contribution >= 4 is 29.9 Å². The fourth-order valence-corrected chi connectivity index (χ4v) is 3.27. The first-order valence-corrected chi connectivity index (χ1v) is 10.6. The molecule has 1 aliphatic rings. The molecule has 1 saturated heterocycles. The van der Waals surface area contributed by atoms with E-state index >= 15 is 0 Å². The van der Waals surface area contributed by atoms with Crippen LogP contribution in [0.25, 0.3) is 0 Å². The molecule has 0 amide bonds. The summed E-state index contributed by atoms with van der Waals surface area (Å²) in [4.78, 5) is 4.72. The van der Waals surface area contributed by atoms with Gasteiger partial charge in [0.25, 0.3) is 0 Å². The minimum atomic E-state index is 0. The Bertz CT molecular complexity index is 733. The van der Waals surface area contributed by atoms with Gasteiger partial charge in [0.05, 0.1) is 26.3 Å². The molecular formula is C22H34IN5O2. The van der Waals surface area contributed by atoms with Crippen molar-refractivity contribution < 1.29 is 9.47 Å². The van der Waals surface area contributed by atoms with Crippen molar-refractivity contribution in [3.05, 3.63) is 53.9 Å². The first-order valence-electron chi connectivity index (χ1n) is 10.6. The second kappa shape index (κ2) is 14.4. The van der Waals surface area contributed by atoms with Crippen molar-refractivity contribution in [2.24, 2.45) is 10.9 Å². The Labute approximate surface area is 196 Å². The second-order valence-corrected chi connectivity index (χ2v) is 7.30. The van der Waals surface area contributed by atoms with Crippen LogP contribution >= 0.6 is 24.0 Å². The number of hydrogen-bond donors (Lipinski definition) is 2. The van der Waals surface area contributed by atoms with E-state index in [0.717, 1.165) is 64.9 Å². The molecule has 0 aliphatic carbocycles. The lowest BCUT2D eigenvalue weighted by Gasteiger charge is -2.12. The fourth-order valence-electron chi connectivity index (χ4n) is 3.27. The van der Waals surface area contributed by atoms with Gasteiger partial charge >= 0.3 is 0 Å². The number of halogens is 1. The van der Waals surface area contributed by atoms with Gasteiger partial charge in [-0.1, -0.05) is 24.3 Å². The Kier molecular flexibility index (Phi) is 11.8. The molecule has 0 bridgehead atoms. The molecule has 2 aromatic rings. The zero-order valence-electron chi connectivity index (χ0n) is 17.8. The van der Waals surface area contributed by atoms with Crippen LogP contribution in [0.4, 0.5) is 0 Å². The highest BCUT2D eigenvalue weighted by atomic mass is 127. The standard InChI is InChI=1S/C22H33N5O2.HI/c1-2-23-22(24-9-5-12-28-17-21-8-13-29-18-21)25-15-19-6-3-7-20(14-19)16-27-11-4-10-26-27;/h3-4,6-7,10-11,14,21H,2,5,8-9,12-13,15-18H2,1H3,(H2,23,24,25);1H. The summed E-state index contributed by atoms with van der Waals surface area (Å²) in [6.07, 6.45) is 5.86. The molecule has 2 heterocycles. The number of guanidine groups is 1. The number of rotatable bonds is 11. The zero-order valence-corrected chi connectivity index (χ0v) is 20.1. The van der Waals surface area contributed by atoms with Crippen molar-refractivity contribution in [3.8, 4) is 0 Å². The molecule has 166 valence electrons. The highest BCUT2D eigenvalue weighted by Crippen LogP contribution is 2.12. The minimum absolute atomic E-state index is 0. The fraction of sp³-hybridized carbons (Fsp3) is 0.545. The van der Waals surface area contributed by atoms with Crippen molar-refractivity contribution in [2.75, 3.05) is 39.5 Å². The molecule has 1 aromatic heterocycles. The molecule has 1 unspecified atom stereocenters. The molecule has 1 aromatic carbocycles. The van der Waals surface area contributed by atoms with Gasteiger partial charge in [0.2, 0.25) is 0 Å². The molecule has 0 radical (unpaired) electrons. The number of hydrogen-bond acceptors (Lipinski definition) is 4. The van der Waals surface area contributed by atoms with Gasteiger partial charge in [0, 0.05) is 44.6 Å². The lowest BCUT2D eigenvalue weighted by molar-refractivity contribution is 0.0888. The monoisotopic (exact) mass is 527 g/mol.